The smallest absolute Gasteiger partial charge is 0.0889 e. The van der Waals surface area contributed by atoms with E-state index in [0.29, 0.717) is 79.3 Å². The second-order valence-electron chi connectivity index (χ2n) is 5.17. The van der Waals surface area contributed by atoms with Crippen LogP contribution in [0.25, 0.3) is 0 Å². The Labute approximate surface area is 143 Å². The molecule has 1 aliphatic heterocycles. The molecule has 24 heavy (non-hydrogen) atoms. The van der Waals surface area contributed by atoms with E-state index in [4.69, 9.17) is 28.4 Å². The minimum Gasteiger partial charge on any atom is -0.377 e. The Hall–Kier alpha value is -1.09. The Morgan fingerprint density at radius 1 is 0.500 bits per heavy atom. The van der Waals surface area contributed by atoms with Gasteiger partial charge in [-0.15, -0.1) is 0 Å². The van der Waals surface area contributed by atoms with Crippen molar-refractivity contribution in [2.75, 3.05) is 66.1 Å². The number of nitrogens with zero attached hydrogens (tertiary/aromatic N) is 1. The number of hydrogen-bond acceptors (Lipinski definition) is 7. The fourth-order valence-corrected chi connectivity index (χ4v) is 2.04. The zero-order valence-electron chi connectivity index (χ0n) is 14.1. The van der Waals surface area contributed by atoms with Crippen LogP contribution in [0.1, 0.15) is 11.4 Å². The lowest BCUT2D eigenvalue weighted by atomic mass is 10.3. The van der Waals surface area contributed by atoms with Gasteiger partial charge in [0.15, 0.2) is 0 Å². The van der Waals surface area contributed by atoms with Crippen LogP contribution in [0.4, 0.5) is 0 Å². The van der Waals surface area contributed by atoms with E-state index in [-0.39, 0.29) is 0 Å². The fourth-order valence-electron chi connectivity index (χ4n) is 2.04. The van der Waals surface area contributed by atoms with Crippen molar-refractivity contribution in [1.82, 2.24) is 4.98 Å². The molecule has 0 saturated carbocycles. The largest absolute Gasteiger partial charge is 0.377 e. The highest BCUT2D eigenvalue weighted by Gasteiger charge is 2.00. The zero-order valence-corrected chi connectivity index (χ0v) is 14.1. The molecule has 7 heteroatoms. The van der Waals surface area contributed by atoms with Gasteiger partial charge in [0.1, 0.15) is 0 Å². The molecule has 0 aliphatic carbocycles. The third-order valence-electron chi connectivity index (χ3n) is 3.22. The molecule has 2 bridgehead atoms. The van der Waals surface area contributed by atoms with E-state index in [1.807, 2.05) is 18.2 Å². The summed E-state index contributed by atoms with van der Waals surface area (Å²) in [6, 6.07) is 5.84. The van der Waals surface area contributed by atoms with Crippen LogP contribution in [0.5, 0.6) is 0 Å². The minimum atomic E-state index is 0.466. The maximum atomic E-state index is 5.56. The quantitative estimate of drug-likeness (QED) is 0.702. The molecule has 0 fully saturated rings. The van der Waals surface area contributed by atoms with Crippen LogP contribution in [-0.4, -0.2) is 71.1 Å². The Morgan fingerprint density at radius 2 is 0.833 bits per heavy atom. The van der Waals surface area contributed by atoms with Gasteiger partial charge in [0.25, 0.3) is 0 Å². The van der Waals surface area contributed by atoms with E-state index in [0.717, 1.165) is 11.4 Å². The van der Waals surface area contributed by atoms with Crippen LogP contribution in [-0.2, 0) is 41.6 Å². The predicted molar refractivity (Wildman–Crippen MR) is 86.8 cm³/mol. The average molecular weight is 341 g/mol. The van der Waals surface area contributed by atoms with Crippen LogP contribution in [0.2, 0.25) is 0 Å². The van der Waals surface area contributed by atoms with Gasteiger partial charge in [-0.25, -0.2) is 0 Å². The molecule has 0 unspecified atom stereocenters. The number of aromatic nitrogens is 1. The van der Waals surface area contributed by atoms with Crippen LogP contribution >= 0.6 is 0 Å². The number of fused-ring (bicyclic) bond motifs is 2. The Kier molecular flexibility index (Phi) is 10.6. The minimum absolute atomic E-state index is 0.466. The van der Waals surface area contributed by atoms with E-state index in [1.54, 1.807) is 0 Å². The lowest BCUT2D eigenvalue weighted by Crippen LogP contribution is -2.13. The average Bonchev–Trinajstić information content (AvgIpc) is 2.60. The molecule has 2 heterocycles. The fraction of sp³-hybridized carbons (Fsp3) is 0.706. The van der Waals surface area contributed by atoms with Gasteiger partial charge < -0.3 is 28.4 Å². The molecular weight excluding hydrogens is 314 g/mol. The van der Waals surface area contributed by atoms with E-state index < -0.39 is 0 Å². The summed E-state index contributed by atoms with van der Waals surface area (Å²) in [5, 5.41) is 0. The summed E-state index contributed by atoms with van der Waals surface area (Å²) in [6.07, 6.45) is 0. The molecule has 0 N–H and O–H groups in total. The molecular formula is C17H27NO6. The topological polar surface area (TPSA) is 68.3 Å². The van der Waals surface area contributed by atoms with Crippen molar-refractivity contribution < 1.29 is 28.4 Å². The first-order chi connectivity index (χ1) is 11.9. The van der Waals surface area contributed by atoms with Gasteiger partial charge in [-0.1, -0.05) is 6.07 Å². The third kappa shape index (κ3) is 9.27. The van der Waals surface area contributed by atoms with Crippen molar-refractivity contribution in [2.45, 2.75) is 13.2 Å². The zero-order chi connectivity index (χ0) is 16.7. The maximum absolute atomic E-state index is 5.56. The van der Waals surface area contributed by atoms with Gasteiger partial charge >= 0.3 is 0 Å². The molecule has 1 aliphatic rings. The van der Waals surface area contributed by atoms with Gasteiger partial charge in [0, 0.05) is 0 Å². The van der Waals surface area contributed by atoms with Gasteiger partial charge in [0.2, 0.25) is 0 Å². The van der Waals surface area contributed by atoms with Crippen molar-refractivity contribution in [3.8, 4) is 0 Å². The van der Waals surface area contributed by atoms with E-state index >= 15 is 0 Å². The molecule has 1 aromatic heterocycles. The molecule has 0 atom stereocenters. The summed E-state index contributed by atoms with van der Waals surface area (Å²) < 4.78 is 32.8. The van der Waals surface area contributed by atoms with Crippen LogP contribution in [0.15, 0.2) is 18.2 Å². The summed E-state index contributed by atoms with van der Waals surface area (Å²) >= 11 is 0. The first-order valence-electron chi connectivity index (χ1n) is 8.36. The highest BCUT2D eigenvalue weighted by atomic mass is 16.6. The molecule has 1 aromatic rings. The highest BCUT2D eigenvalue weighted by molar-refractivity contribution is 5.09. The first kappa shape index (κ1) is 19.2. The summed E-state index contributed by atoms with van der Waals surface area (Å²) in [6.45, 7) is 6.42. The summed E-state index contributed by atoms with van der Waals surface area (Å²) in [5.74, 6) is 0. The molecule has 0 radical (unpaired) electrons. The van der Waals surface area contributed by atoms with Gasteiger partial charge in [-0.05, 0) is 12.1 Å². The van der Waals surface area contributed by atoms with E-state index in [2.05, 4.69) is 4.98 Å². The molecule has 2 rings (SSSR count). The second kappa shape index (κ2) is 13.2. The van der Waals surface area contributed by atoms with Crippen LogP contribution in [0, 0.1) is 0 Å². The summed E-state index contributed by atoms with van der Waals surface area (Å²) in [7, 11) is 0. The number of hydrogen-bond donors (Lipinski definition) is 0. The Bertz CT molecular complexity index is 396. The van der Waals surface area contributed by atoms with Crippen molar-refractivity contribution in [2.24, 2.45) is 0 Å². The normalized spacial score (nSPS) is 20.8. The van der Waals surface area contributed by atoms with Crippen molar-refractivity contribution in [1.29, 1.82) is 0 Å². The van der Waals surface area contributed by atoms with E-state index in [9.17, 15) is 0 Å². The van der Waals surface area contributed by atoms with Crippen molar-refractivity contribution in [3.63, 3.8) is 0 Å². The third-order valence-corrected chi connectivity index (χ3v) is 3.22. The standard InChI is InChI=1S/C17H27NO6/c1-2-16-14-23-12-10-21-8-6-19-4-5-20-7-9-22-11-13-24-15-17(3-1)18-16/h1-3H,4-15H2. The van der Waals surface area contributed by atoms with Crippen LogP contribution in [0.3, 0.4) is 0 Å². The first-order valence-corrected chi connectivity index (χ1v) is 8.36. The van der Waals surface area contributed by atoms with Gasteiger partial charge in [-0.2, -0.15) is 0 Å². The number of ether oxygens (including phenoxy) is 6. The number of rotatable bonds is 0. The van der Waals surface area contributed by atoms with Gasteiger partial charge in [0.05, 0.1) is 90.7 Å². The highest BCUT2D eigenvalue weighted by Crippen LogP contribution is 2.03. The van der Waals surface area contributed by atoms with E-state index in [1.165, 1.54) is 0 Å². The van der Waals surface area contributed by atoms with Crippen molar-refractivity contribution in [3.05, 3.63) is 29.6 Å². The monoisotopic (exact) mass is 341 g/mol. The van der Waals surface area contributed by atoms with Gasteiger partial charge in [-0.3, -0.25) is 4.98 Å². The molecule has 136 valence electrons. The molecule has 0 aromatic carbocycles. The van der Waals surface area contributed by atoms with Crippen LogP contribution < -0.4 is 0 Å². The molecule has 7 nitrogen and oxygen atoms in total. The maximum Gasteiger partial charge on any atom is 0.0889 e. The Morgan fingerprint density at radius 3 is 1.21 bits per heavy atom. The molecule has 0 amide bonds. The summed E-state index contributed by atoms with van der Waals surface area (Å²) in [5.41, 5.74) is 1.78. The lowest BCUT2D eigenvalue weighted by molar-refractivity contribution is -0.0181. The predicted octanol–water partition coefficient (Wildman–Crippen LogP) is 1.19. The number of pyridine rings is 1. The SMILES string of the molecule is c1cc2nc(c1)COCCOCCOCCOCCOCCOC2. The molecule has 0 saturated heterocycles. The summed E-state index contributed by atoms with van der Waals surface area (Å²) in [4.78, 5) is 4.50. The van der Waals surface area contributed by atoms with Crippen molar-refractivity contribution >= 4 is 0 Å². The lowest BCUT2D eigenvalue weighted by Gasteiger charge is -2.07. The second-order valence-corrected chi connectivity index (χ2v) is 5.17. The Balaban J connectivity index is 1.72. The molecule has 0 spiro atoms.